The summed E-state index contributed by atoms with van der Waals surface area (Å²) in [5.74, 6) is 0.0267. The predicted octanol–water partition coefficient (Wildman–Crippen LogP) is 2.68. The SMILES string of the molecule is Cc1ccc(C(=O)N(C)C)cc1NCC1CCC(C)O1. The van der Waals surface area contributed by atoms with E-state index in [2.05, 4.69) is 12.2 Å². The Kier molecular flexibility index (Phi) is 4.65. The van der Waals surface area contributed by atoms with Crippen molar-refractivity contribution in [3.05, 3.63) is 29.3 Å². The van der Waals surface area contributed by atoms with E-state index in [1.54, 1.807) is 19.0 Å². The molecule has 110 valence electrons. The molecule has 0 aliphatic carbocycles. The minimum absolute atomic E-state index is 0.0267. The van der Waals surface area contributed by atoms with Crippen LogP contribution in [0.4, 0.5) is 5.69 Å². The van der Waals surface area contributed by atoms with Crippen LogP contribution in [0.2, 0.25) is 0 Å². The number of amides is 1. The van der Waals surface area contributed by atoms with Crippen molar-refractivity contribution in [1.82, 2.24) is 4.90 Å². The smallest absolute Gasteiger partial charge is 0.253 e. The van der Waals surface area contributed by atoms with E-state index < -0.39 is 0 Å². The number of hydrogen-bond acceptors (Lipinski definition) is 3. The fourth-order valence-corrected chi connectivity index (χ4v) is 2.46. The molecule has 0 radical (unpaired) electrons. The second-order valence-corrected chi connectivity index (χ2v) is 5.76. The van der Waals surface area contributed by atoms with E-state index in [9.17, 15) is 4.79 Å². The Balaban J connectivity index is 2.03. The highest BCUT2D eigenvalue weighted by Crippen LogP contribution is 2.22. The van der Waals surface area contributed by atoms with E-state index in [-0.39, 0.29) is 12.0 Å². The van der Waals surface area contributed by atoms with E-state index in [1.807, 2.05) is 25.1 Å². The number of rotatable bonds is 4. The van der Waals surface area contributed by atoms with Crippen molar-refractivity contribution in [2.45, 2.75) is 38.9 Å². The fourth-order valence-electron chi connectivity index (χ4n) is 2.46. The highest BCUT2D eigenvalue weighted by atomic mass is 16.5. The molecule has 2 unspecified atom stereocenters. The monoisotopic (exact) mass is 276 g/mol. The van der Waals surface area contributed by atoms with Crippen LogP contribution in [0.3, 0.4) is 0 Å². The average Bonchev–Trinajstić information content (AvgIpc) is 2.82. The van der Waals surface area contributed by atoms with Gasteiger partial charge in [0.25, 0.3) is 5.91 Å². The predicted molar refractivity (Wildman–Crippen MR) is 81.3 cm³/mol. The molecule has 1 aliphatic rings. The second kappa shape index (κ2) is 6.27. The molecule has 0 spiro atoms. The first-order chi connectivity index (χ1) is 9.47. The molecule has 0 saturated carbocycles. The molecular formula is C16H24N2O2. The number of nitrogens with one attached hydrogen (secondary N) is 1. The number of ether oxygens (including phenoxy) is 1. The number of anilines is 1. The lowest BCUT2D eigenvalue weighted by Crippen LogP contribution is -2.23. The Bertz CT molecular complexity index is 485. The Hall–Kier alpha value is -1.55. The highest BCUT2D eigenvalue weighted by molar-refractivity contribution is 5.95. The van der Waals surface area contributed by atoms with Gasteiger partial charge in [0.05, 0.1) is 12.2 Å². The maximum absolute atomic E-state index is 12.0. The van der Waals surface area contributed by atoms with Crippen molar-refractivity contribution in [3.63, 3.8) is 0 Å². The number of benzene rings is 1. The van der Waals surface area contributed by atoms with Crippen LogP contribution in [0, 0.1) is 6.92 Å². The lowest BCUT2D eigenvalue weighted by Gasteiger charge is -2.16. The van der Waals surface area contributed by atoms with Crippen molar-refractivity contribution in [1.29, 1.82) is 0 Å². The van der Waals surface area contributed by atoms with Crippen LogP contribution in [0.1, 0.15) is 35.7 Å². The number of aryl methyl sites for hydroxylation is 1. The molecule has 1 aromatic rings. The van der Waals surface area contributed by atoms with E-state index in [0.29, 0.717) is 11.7 Å². The van der Waals surface area contributed by atoms with E-state index in [4.69, 9.17) is 4.74 Å². The van der Waals surface area contributed by atoms with Crippen LogP contribution in [-0.2, 0) is 4.74 Å². The highest BCUT2D eigenvalue weighted by Gasteiger charge is 2.21. The van der Waals surface area contributed by atoms with E-state index in [1.165, 1.54) is 0 Å². The zero-order valence-electron chi connectivity index (χ0n) is 12.8. The fraction of sp³-hybridized carbons (Fsp3) is 0.562. The third kappa shape index (κ3) is 3.51. The molecule has 1 saturated heterocycles. The molecule has 0 bridgehead atoms. The van der Waals surface area contributed by atoms with Gasteiger partial charge < -0.3 is 15.0 Å². The Labute approximate surface area is 121 Å². The van der Waals surface area contributed by atoms with Gasteiger partial charge in [-0.25, -0.2) is 0 Å². The zero-order chi connectivity index (χ0) is 14.7. The van der Waals surface area contributed by atoms with Gasteiger partial charge in [-0.15, -0.1) is 0 Å². The van der Waals surface area contributed by atoms with Crippen LogP contribution in [0.25, 0.3) is 0 Å². The molecule has 0 aromatic heterocycles. The molecule has 1 aliphatic heterocycles. The topological polar surface area (TPSA) is 41.6 Å². The molecule has 1 heterocycles. The van der Waals surface area contributed by atoms with Crippen LogP contribution in [0.5, 0.6) is 0 Å². The molecule has 4 nitrogen and oxygen atoms in total. The maximum atomic E-state index is 12.0. The average molecular weight is 276 g/mol. The Morgan fingerprint density at radius 3 is 2.75 bits per heavy atom. The van der Waals surface area contributed by atoms with Crippen LogP contribution in [0.15, 0.2) is 18.2 Å². The summed E-state index contributed by atoms with van der Waals surface area (Å²) in [5, 5.41) is 3.41. The van der Waals surface area contributed by atoms with Crippen molar-refractivity contribution in [3.8, 4) is 0 Å². The molecule has 1 N–H and O–H groups in total. The first-order valence-corrected chi connectivity index (χ1v) is 7.19. The van der Waals surface area contributed by atoms with Gasteiger partial charge >= 0.3 is 0 Å². The van der Waals surface area contributed by atoms with Crippen LogP contribution < -0.4 is 5.32 Å². The summed E-state index contributed by atoms with van der Waals surface area (Å²) in [6.45, 7) is 4.96. The summed E-state index contributed by atoms with van der Waals surface area (Å²) in [6, 6.07) is 5.78. The molecule has 20 heavy (non-hydrogen) atoms. The quantitative estimate of drug-likeness (QED) is 0.919. The maximum Gasteiger partial charge on any atom is 0.253 e. The second-order valence-electron chi connectivity index (χ2n) is 5.76. The van der Waals surface area contributed by atoms with Crippen molar-refractivity contribution < 1.29 is 9.53 Å². The summed E-state index contributed by atoms with van der Waals surface area (Å²) in [6.07, 6.45) is 2.87. The zero-order valence-corrected chi connectivity index (χ0v) is 12.8. The van der Waals surface area contributed by atoms with Gasteiger partial charge in [-0.1, -0.05) is 6.07 Å². The molecule has 4 heteroatoms. The van der Waals surface area contributed by atoms with Gasteiger partial charge in [0.1, 0.15) is 0 Å². The number of hydrogen-bond donors (Lipinski definition) is 1. The number of nitrogens with zero attached hydrogens (tertiary/aromatic N) is 1. The van der Waals surface area contributed by atoms with Gasteiger partial charge in [0.2, 0.25) is 0 Å². The Morgan fingerprint density at radius 2 is 2.15 bits per heavy atom. The van der Waals surface area contributed by atoms with Gasteiger partial charge in [0, 0.05) is 31.9 Å². The van der Waals surface area contributed by atoms with Gasteiger partial charge in [0.15, 0.2) is 0 Å². The lowest BCUT2D eigenvalue weighted by molar-refractivity contribution is 0.0637. The van der Waals surface area contributed by atoms with Crippen molar-refractivity contribution in [2.75, 3.05) is 26.0 Å². The van der Waals surface area contributed by atoms with E-state index >= 15 is 0 Å². The molecular weight excluding hydrogens is 252 g/mol. The Morgan fingerprint density at radius 1 is 1.40 bits per heavy atom. The van der Waals surface area contributed by atoms with Gasteiger partial charge in [-0.3, -0.25) is 4.79 Å². The summed E-state index contributed by atoms with van der Waals surface area (Å²) in [7, 11) is 3.53. The summed E-state index contributed by atoms with van der Waals surface area (Å²) >= 11 is 0. The van der Waals surface area contributed by atoms with Crippen molar-refractivity contribution in [2.24, 2.45) is 0 Å². The van der Waals surface area contributed by atoms with E-state index in [0.717, 1.165) is 30.6 Å². The number of carbonyl (C=O) groups is 1. The normalized spacial score (nSPS) is 21.8. The largest absolute Gasteiger partial charge is 0.382 e. The lowest BCUT2D eigenvalue weighted by atomic mass is 10.1. The summed E-state index contributed by atoms with van der Waals surface area (Å²) < 4.78 is 5.80. The molecule has 1 fully saturated rings. The van der Waals surface area contributed by atoms with Crippen LogP contribution >= 0.6 is 0 Å². The minimum Gasteiger partial charge on any atom is -0.382 e. The molecule has 1 amide bonds. The van der Waals surface area contributed by atoms with Gasteiger partial charge in [-0.05, 0) is 44.4 Å². The van der Waals surface area contributed by atoms with Gasteiger partial charge in [-0.2, -0.15) is 0 Å². The summed E-state index contributed by atoms with van der Waals surface area (Å²) in [4.78, 5) is 13.6. The first-order valence-electron chi connectivity index (χ1n) is 7.19. The third-order valence-corrected chi connectivity index (χ3v) is 3.73. The summed E-state index contributed by atoms with van der Waals surface area (Å²) in [5.41, 5.74) is 2.87. The van der Waals surface area contributed by atoms with Crippen molar-refractivity contribution >= 4 is 11.6 Å². The molecule has 2 atom stereocenters. The molecule has 2 rings (SSSR count). The standard InChI is InChI=1S/C16H24N2O2/c1-11-5-7-13(16(19)18(3)4)9-15(11)17-10-14-8-6-12(2)20-14/h5,7,9,12,14,17H,6,8,10H2,1-4H3. The van der Waals surface area contributed by atoms with Crippen LogP contribution in [-0.4, -0.2) is 43.7 Å². The number of carbonyl (C=O) groups excluding carboxylic acids is 1. The first kappa shape index (κ1) is 14.9. The third-order valence-electron chi connectivity index (χ3n) is 3.73. The minimum atomic E-state index is 0.0267. The molecule has 1 aromatic carbocycles.